The molecule has 104 valence electrons. The summed E-state index contributed by atoms with van der Waals surface area (Å²) in [7, 11) is 0. The van der Waals surface area contributed by atoms with E-state index in [1.165, 1.54) is 6.42 Å². The van der Waals surface area contributed by atoms with Crippen molar-refractivity contribution in [3.8, 4) is 0 Å². The maximum atomic E-state index is 5.83. The summed E-state index contributed by atoms with van der Waals surface area (Å²) in [4.78, 5) is 9.38. The van der Waals surface area contributed by atoms with Crippen LogP contribution in [0.5, 0.6) is 0 Å². The second-order valence-corrected chi connectivity index (χ2v) is 5.44. The van der Waals surface area contributed by atoms with Crippen LogP contribution in [-0.2, 0) is 4.74 Å². The van der Waals surface area contributed by atoms with Crippen LogP contribution in [0.1, 0.15) is 12.0 Å². The molecule has 0 bridgehead atoms. The molecule has 1 atom stereocenters. The molecule has 3 rings (SSSR count). The van der Waals surface area contributed by atoms with Crippen LogP contribution in [0, 0.1) is 6.92 Å². The summed E-state index contributed by atoms with van der Waals surface area (Å²) in [5.41, 5.74) is 7.71. The topological polar surface area (TPSA) is 54.6 Å². The van der Waals surface area contributed by atoms with Crippen LogP contribution in [-0.4, -0.2) is 55.3 Å². The number of nitrogens with zero attached hydrogens (tertiary/aromatic N) is 3. The number of hydrogen-bond donors (Lipinski definition) is 1. The van der Waals surface area contributed by atoms with E-state index in [1.807, 2.05) is 6.92 Å². The number of rotatable bonds is 2. The van der Waals surface area contributed by atoms with Crippen molar-refractivity contribution in [3.05, 3.63) is 17.8 Å². The second kappa shape index (κ2) is 5.35. The van der Waals surface area contributed by atoms with Crippen LogP contribution >= 0.6 is 0 Å². The van der Waals surface area contributed by atoms with Crippen LogP contribution in [0.4, 0.5) is 11.5 Å². The average Bonchev–Trinajstić information content (AvgIpc) is 2.93. The van der Waals surface area contributed by atoms with Gasteiger partial charge >= 0.3 is 0 Å². The van der Waals surface area contributed by atoms with Crippen molar-refractivity contribution >= 4 is 11.5 Å². The Balaban J connectivity index is 1.66. The molecule has 0 amide bonds. The van der Waals surface area contributed by atoms with E-state index in [-0.39, 0.29) is 0 Å². The largest absolute Gasteiger partial charge is 0.397 e. The second-order valence-electron chi connectivity index (χ2n) is 5.44. The Kier molecular flexibility index (Phi) is 3.57. The van der Waals surface area contributed by atoms with Gasteiger partial charge in [0, 0.05) is 32.2 Å². The van der Waals surface area contributed by atoms with E-state index in [2.05, 4.69) is 20.9 Å². The molecule has 1 aromatic rings. The van der Waals surface area contributed by atoms with Crippen LogP contribution < -0.4 is 10.6 Å². The molecule has 0 radical (unpaired) electrons. The first kappa shape index (κ1) is 12.7. The number of morpholine rings is 1. The Bertz CT molecular complexity index is 445. The zero-order valence-corrected chi connectivity index (χ0v) is 11.5. The van der Waals surface area contributed by atoms with Gasteiger partial charge in [-0.3, -0.25) is 4.90 Å². The van der Waals surface area contributed by atoms with Crippen LogP contribution in [0.2, 0.25) is 0 Å². The molecule has 1 aromatic heterocycles. The molecule has 0 aliphatic carbocycles. The Hall–Kier alpha value is -1.33. The van der Waals surface area contributed by atoms with Crippen LogP contribution in [0.3, 0.4) is 0 Å². The average molecular weight is 262 g/mol. The summed E-state index contributed by atoms with van der Waals surface area (Å²) in [6.07, 6.45) is 2.98. The first-order chi connectivity index (χ1) is 9.24. The highest BCUT2D eigenvalue weighted by molar-refractivity contribution is 5.52. The predicted molar refractivity (Wildman–Crippen MR) is 76.4 cm³/mol. The van der Waals surface area contributed by atoms with Crippen molar-refractivity contribution in [2.45, 2.75) is 19.4 Å². The molecule has 5 heteroatoms. The zero-order valence-electron chi connectivity index (χ0n) is 11.5. The Morgan fingerprint density at radius 3 is 2.84 bits per heavy atom. The lowest BCUT2D eigenvalue weighted by atomic mass is 10.2. The number of pyridine rings is 1. The molecule has 3 heterocycles. The molecule has 0 saturated carbocycles. The van der Waals surface area contributed by atoms with Crippen molar-refractivity contribution in [1.29, 1.82) is 0 Å². The zero-order chi connectivity index (χ0) is 13.2. The van der Waals surface area contributed by atoms with Crippen molar-refractivity contribution in [3.63, 3.8) is 0 Å². The van der Waals surface area contributed by atoms with E-state index >= 15 is 0 Å². The lowest BCUT2D eigenvalue weighted by Crippen LogP contribution is -2.44. The number of aromatic nitrogens is 1. The molecule has 2 aliphatic rings. The number of nitrogens with two attached hydrogens (primary N) is 1. The third-order valence-corrected chi connectivity index (χ3v) is 4.19. The minimum Gasteiger partial charge on any atom is -0.397 e. The van der Waals surface area contributed by atoms with Gasteiger partial charge in [0.25, 0.3) is 0 Å². The molecule has 19 heavy (non-hydrogen) atoms. The molecule has 2 aliphatic heterocycles. The minimum absolute atomic E-state index is 0.642. The normalized spacial score (nSPS) is 24.9. The van der Waals surface area contributed by atoms with E-state index in [0.29, 0.717) is 6.04 Å². The van der Waals surface area contributed by atoms with Gasteiger partial charge in [0.1, 0.15) is 5.82 Å². The number of aryl methyl sites for hydroxylation is 1. The van der Waals surface area contributed by atoms with Crippen LogP contribution in [0.25, 0.3) is 0 Å². The summed E-state index contributed by atoms with van der Waals surface area (Å²) in [6.45, 7) is 8.05. The molecule has 2 N–H and O–H groups in total. The summed E-state index contributed by atoms with van der Waals surface area (Å²) in [6, 6.07) is 2.74. The Labute approximate surface area is 114 Å². The van der Waals surface area contributed by atoms with Crippen LogP contribution in [0.15, 0.2) is 12.3 Å². The van der Waals surface area contributed by atoms with Gasteiger partial charge in [-0.15, -0.1) is 0 Å². The van der Waals surface area contributed by atoms with Crippen molar-refractivity contribution in [1.82, 2.24) is 9.88 Å². The molecule has 2 fully saturated rings. The van der Waals surface area contributed by atoms with E-state index in [9.17, 15) is 0 Å². The van der Waals surface area contributed by atoms with Gasteiger partial charge in [0.05, 0.1) is 25.1 Å². The number of nitrogen functional groups attached to an aromatic ring is 1. The standard InChI is InChI=1S/C14H22N4O/c1-11-8-14(16-9-13(11)15)18-3-2-12(10-18)17-4-6-19-7-5-17/h8-9,12H,2-7,10,15H2,1H3. The first-order valence-electron chi connectivity index (χ1n) is 7.03. The van der Waals surface area contributed by atoms with Gasteiger partial charge in [0.15, 0.2) is 0 Å². The predicted octanol–water partition coefficient (Wildman–Crippen LogP) is 0.883. The highest BCUT2D eigenvalue weighted by Crippen LogP contribution is 2.24. The smallest absolute Gasteiger partial charge is 0.128 e. The third-order valence-electron chi connectivity index (χ3n) is 4.19. The minimum atomic E-state index is 0.642. The fourth-order valence-corrected chi connectivity index (χ4v) is 2.92. The fourth-order valence-electron chi connectivity index (χ4n) is 2.92. The number of ether oxygens (including phenoxy) is 1. The molecule has 0 aromatic carbocycles. The number of anilines is 2. The van der Waals surface area contributed by atoms with Crippen molar-refractivity contribution in [2.24, 2.45) is 0 Å². The van der Waals surface area contributed by atoms with Crippen molar-refractivity contribution in [2.75, 3.05) is 50.0 Å². The molecular weight excluding hydrogens is 240 g/mol. The Morgan fingerprint density at radius 2 is 2.11 bits per heavy atom. The summed E-state index contributed by atoms with van der Waals surface area (Å²) >= 11 is 0. The highest BCUT2D eigenvalue weighted by Gasteiger charge is 2.29. The van der Waals surface area contributed by atoms with Crippen molar-refractivity contribution < 1.29 is 4.74 Å². The monoisotopic (exact) mass is 262 g/mol. The lowest BCUT2D eigenvalue weighted by molar-refractivity contribution is 0.0209. The van der Waals surface area contributed by atoms with Gasteiger partial charge in [-0.2, -0.15) is 0 Å². The third kappa shape index (κ3) is 2.67. The van der Waals surface area contributed by atoms with Gasteiger partial charge in [-0.25, -0.2) is 4.98 Å². The van der Waals surface area contributed by atoms with E-state index in [4.69, 9.17) is 10.5 Å². The quantitative estimate of drug-likeness (QED) is 0.857. The molecule has 1 unspecified atom stereocenters. The van der Waals surface area contributed by atoms with E-state index < -0.39 is 0 Å². The molecule has 0 spiro atoms. The van der Waals surface area contributed by atoms with E-state index in [1.54, 1.807) is 6.20 Å². The maximum absolute atomic E-state index is 5.83. The van der Waals surface area contributed by atoms with Gasteiger partial charge in [-0.1, -0.05) is 0 Å². The summed E-state index contributed by atoms with van der Waals surface area (Å²) in [5, 5.41) is 0. The van der Waals surface area contributed by atoms with E-state index in [0.717, 1.165) is 56.5 Å². The van der Waals surface area contributed by atoms with Gasteiger partial charge in [0.2, 0.25) is 0 Å². The van der Waals surface area contributed by atoms with Gasteiger partial charge in [-0.05, 0) is 25.0 Å². The summed E-state index contributed by atoms with van der Waals surface area (Å²) < 4.78 is 5.42. The Morgan fingerprint density at radius 1 is 1.32 bits per heavy atom. The van der Waals surface area contributed by atoms with Gasteiger partial charge < -0.3 is 15.4 Å². The lowest BCUT2D eigenvalue weighted by Gasteiger charge is -2.32. The first-order valence-corrected chi connectivity index (χ1v) is 7.03. The SMILES string of the molecule is Cc1cc(N2CCC(N3CCOCC3)C2)ncc1N. The molecular formula is C14H22N4O. The highest BCUT2D eigenvalue weighted by atomic mass is 16.5. The molecule has 5 nitrogen and oxygen atoms in total. The molecule has 2 saturated heterocycles. The fraction of sp³-hybridized carbons (Fsp3) is 0.643. The maximum Gasteiger partial charge on any atom is 0.128 e. The number of hydrogen-bond acceptors (Lipinski definition) is 5. The summed E-state index contributed by atoms with van der Waals surface area (Å²) in [5.74, 6) is 1.06.